The van der Waals surface area contributed by atoms with E-state index in [1.807, 2.05) is 6.92 Å². The van der Waals surface area contributed by atoms with Crippen LogP contribution in [0.5, 0.6) is 0 Å². The number of hydrogen-bond donors (Lipinski definition) is 1. The van der Waals surface area contributed by atoms with Crippen LogP contribution in [0, 0.1) is 18.8 Å². The van der Waals surface area contributed by atoms with Crippen LogP contribution in [0.4, 0.5) is 0 Å². The van der Waals surface area contributed by atoms with Crippen molar-refractivity contribution in [2.45, 2.75) is 59.9 Å². The standard InChI is InChI=1S/C20H35N3O2S/c1-6-16(7-2)17(23-8-10-25-11-9-23)13-21-20(24)19-15(5)22-18(26-19)12-14(3)4/h14,16-17H,6-13H2,1-5H3,(H,21,24). The Hall–Kier alpha value is -0.980. The van der Waals surface area contributed by atoms with Gasteiger partial charge in [-0.2, -0.15) is 0 Å². The molecule has 0 bridgehead atoms. The molecule has 2 rings (SSSR count). The number of thiazole rings is 1. The average Bonchev–Trinajstić information content (AvgIpc) is 2.98. The van der Waals surface area contributed by atoms with Gasteiger partial charge >= 0.3 is 0 Å². The minimum absolute atomic E-state index is 0.0271. The van der Waals surface area contributed by atoms with Crippen molar-refractivity contribution in [2.24, 2.45) is 11.8 Å². The number of rotatable bonds is 9. The summed E-state index contributed by atoms with van der Waals surface area (Å²) in [5, 5.41) is 4.26. The lowest BCUT2D eigenvalue weighted by Gasteiger charge is -2.38. The number of nitrogens with one attached hydrogen (secondary N) is 1. The van der Waals surface area contributed by atoms with Crippen molar-refractivity contribution in [1.29, 1.82) is 0 Å². The van der Waals surface area contributed by atoms with Crippen molar-refractivity contribution in [3.63, 3.8) is 0 Å². The summed E-state index contributed by atoms with van der Waals surface area (Å²) in [5.41, 5.74) is 0.855. The van der Waals surface area contributed by atoms with E-state index in [1.54, 1.807) is 11.3 Å². The van der Waals surface area contributed by atoms with Gasteiger partial charge in [0, 0.05) is 32.1 Å². The maximum absolute atomic E-state index is 12.8. The topological polar surface area (TPSA) is 54.5 Å². The Kier molecular flexibility index (Phi) is 8.51. The predicted octanol–water partition coefficient (Wildman–Crippen LogP) is 3.52. The van der Waals surface area contributed by atoms with E-state index < -0.39 is 0 Å². The average molecular weight is 382 g/mol. The zero-order chi connectivity index (χ0) is 19.1. The van der Waals surface area contributed by atoms with Crippen LogP contribution in [-0.2, 0) is 11.2 Å². The van der Waals surface area contributed by atoms with Crippen molar-refractivity contribution in [3.8, 4) is 0 Å². The molecule has 5 nitrogen and oxygen atoms in total. The molecule has 1 aliphatic rings. The number of carbonyl (C=O) groups is 1. The molecule has 1 aliphatic heterocycles. The number of aromatic nitrogens is 1. The highest BCUT2D eigenvalue weighted by Gasteiger charge is 2.28. The van der Waals surface area contributed by atoms with Gasteiger partial charge in [0.25, 0.3) is 5.91 Å². The van der Waals surface area contributed by atoms with E-state index >= 15 is 0 Å². The Labute approximate surface area is 162 Å². The van der Waals surface area contributed by atoms with E-state index in [0.717, 1.165) is 61.1 Å². The summed E-state index contributed by atoms with van der Waals surface area (Å²) < 4.78 is 5.51. The first-order valence-electron chi connectivity index (χ1n) is 10.0. The molecule has 1 aromatic rings. The molecule has 1 aromatic heterocycles. The molecular weight excluding hydrogens is 346 g/mol. The lowest BCUT2D eigenvalue weighted by molar-refractivity contribution is 0.00192. The second-order valence-electron chi connectivity index (χ2n) is 7.62. The molecule has 1 fully saturated rings. The van der Waals surface area contributed by atoms with Crippen LogP contribution >= 0.6 is 11.3 Å². The molecule has 0 spiro atoms. The maximum Gasteiger partial charge on any atom is 0.263 e. The van der Waals surface area contributed by atoms with Gasteiger partial charge < -0.3 is 10.1 Å². The van der Waals surface area contributed by atoms with E-state index in [4.69, 9.17) is 4.74 Å². The van der Waals surface area contributed by atoms with E-state index in [0.29, 0.717) is 24.4 Å². The van der Waals surface area contributed by atoms with Crippen LogP contribution in [0.3, 0.4) is 0 Å². The maximum atomic E-state index is 12.8. The summed E-state index contributed by atoms with van der Waals surface area (Å²) in [5.74, 6) is 1.17. The van der Waals surface area contributed by atoms with E-state index in [2.05, 4.69) is 42.9 Å². The SMILES string of the molecule is CCC(CC)C(CNC(=O)c1sc(CC(C)C)nc1C)N1CCOCC1. The molecule has 2 heterocycles. The Bertz CT molecular complexity index is 563. The molecule has 26 heavy (non-hydrogen) atoms. The van der Waals surface area contributed by atoms with Crippen LogP contribution < -0.4 is 5.32 Å². The molecule has 1 unspecified atom stereocenters. The highest BCUT2D eigenvalue weighted by molar-refractivity contribution is 7.13. The van der Waals surface area contributed by atoms with Crippen LogP contribution in [0.2, 0.25) is 0 Å². The molecule has 1 atom stereocenters. The van der Waals surface area contributed by atoms with Gasteiger partial charge in [-0.3, -0.25) is 9.69 Å². The Morgan fingerprint density at radius 3 is 2.50 bits per heavy atom. The van der Waals surface area contributed by atoms with Crippen molar-refractivity contribution in [3.05, 3.63) is 15.6 Å². The molecular formula is C20H35N3O2S. The normalized spacial score (nSPS) is 17.0. The molecule has 1 amide bonds. The summed E-state index contributed by atoms with van der Waals surface area (Å²) in [4.78, 5) is 20.6. The lowest BCUT2D eigenvalue weighted by atomic mass is 9.92. The molecule has 0 aliphatic carbocycles. The quantitative estimate of drug-likeness (QED) is 0.711. The van der Waals surface area contributed by atoms with Gasteiger partial charge in [-0.15, -0.1) is 11.3 Å². The third-order valence-corrected chi connectivity index (χ3v) is 6.39. The number of hydrogen-bond acceptors (Lipinski definition) is 5. The third kappa shape index (κ3) is 5.76. The molecule has 1 saturated heterocycles. The monoisotopic (exact) mass is 381 g/mol. The van der Waals surface area contributed by atoms with E-state index in [1.165, 1.54) is 0 Å². The number of aryl methyl sites for hydroxylation is 1. The Morgan fingerprint density at radius 1 is 1.27 bits per heavy atom. The van der Waals surface area contributed by atoms with Gasteiger partial charge in [-0.25, -0.2) is 4.98 Å². The highest BCUT2D eigenvalue weighted by atomic mass is 32.1. The summed E-state index contributed by atoms with van der Waals surface area (Å²) in [7, 11) is 0. The minimum Gasteiger partial charge on any atom is -0.379 e. The van der Waals surface area contributed by atoms with Crippen LogP contribution in [-0.4, -0.2) is 54.7 Å². The second-order valence-corrected chi connectivity index (χ2v) is 8.71. The van der Waals surface area contributed by atoms with Gasteiger partial charge in [0.15, 0.2) is 0 Å². The number of carbonyl (C=O) groups excluding carboxylic acids is 1. The van der Waals surface area contributed by atoms with Crippen LogP contribution in [0.15, 0.2) is 0 Å². The number of nitrogens with zero attached hydrogens (tertiary/aromatic N) is 2. The van der Waals surface area contributed by atoms with Gasteiger partial charge in [0.1, 0.15) is 4.88 Å². The van der Waals surface area contributed by atoms with Gasteiger partial charge in [-0.1, -0.05) is 40.5 Å². The first-order valence-corrected chi connectivity index (χ1v) is 10.8. The van der Waals surface area contributed by atoms with Gasteiger partial charge in [0.2, 0.25) is 0 Å². The van der Waals surface area contributed by atoms with E-state index in [-0.39, 0.29) is 5.91 Å². The van der Waals surface area contributed by atoms with Crippen LogP contribution in [0.1, 0.15) is 60.9 Å². The summed E-state index contributed by atoms with van der Waals surface area (Å²) in [6.07, 6.45) is 3.20. The smallest absolute Gasteiger partial charge is 0.263 e. The van der Waals surface area contributed by atoms with Gasteiger partial charge in [-0.05, 0) is 18.8 Å². The fourth-order valence-corrected chi connectivity index (χ4v) is 4.91. The summed E-state index contributed by atoms with van der Waals surface area (Å²) in [6, 6.07) is 0.376. The first-order chi connectivity index (χ1) is 12.5. The first kappa shape index (κ1) is 21.3. The van der Waals surface area contributed by atoms with Crippen molar-refractivity contribution in [1.82, 2.24) is 15.2 Å². The summed E-state index contributed by atoms with van der Waals surface area (Å²) >= 11 is 1.55. The third-order valence-electron chi connectivity index (χ3n) is 5.21. The molecule has 6 heteroatoms. The Morgan fingerprint density at radius 2 is 1.92 bits per heavy atom. The van der Waals surface area contributed by atoms with Crippen molar-refractivity contribution < 1.29 is 9.53 Å². The second kappa shape index (κ2) is 10.4. The van der Waals surface area contributed by atoms with Gasteiger partial charge in [0.05, 0.1) is 23.9 Å². The molecule has 0 radical (unpaired) electrons. The van der Waals surface area contributed by atoms with Crippen molar-refractivity contribution in [2.75, 3.05) is 32.8 Å². The fraction of sp³-hybridized carbons (Fsp3) is 0.800. The molecule has 0 aromatic carbocycles. The fourth-order valence-electron chi connectivity index (χ4n) is 3.71. The van der Waals surface area contributed by atoms with E-state index in [9.17, 15) is 4.79 Å². The molecule has 148 valence electrons. The molecule has 1 N–H and O–H groups in total. The number of amides is 1. The zero-order valence-electron chi connectivity index (χ0n) is 17.0. The number of morpholine rings is 1. The predicted molar refractivity (Wildman–Crippen MR) is 108 cm³/mol. The Balaban J connectivity index is 2.02. The zero-order valence-corrected chi connectivity index (χ0v) is 17.8. The van der Waals surface area contributed by atoms with Crippen molar-refractivity contribution >= 4 is 17.2 Å². The minimum atomic E-state index is 0.0271. The molecule has 0 saturated carbocycles. The lowest BCUT2D eigenvalue weighted by Crippen LogP contribution is -2.52. The largest absolute Gasteiger partial charge is 0.379 e. The van der Waals surface area contributed by atoms with Crippen LogP contribution in [0.25, 0.3) is 0 Å². The highest BCUT2D eigenvalue weighted by Crippen LogP contribution is 2.22. The summed E-state index contributed by atoms with van der Waals surface area (Å²) in [6.45, 7) is 15.0. The number of ether oxygens (including phenoxy) is 1.